The summed E-state index contributed by atoms with van der Waals surface area (Å²) in [5.74, 6) is 1.82. The maximum absolute atomic E-state index is 5.97. The highest BCUT2D eigenvalue weighted by atomic mass is 79.9. The Bertz CT molecular complexity index is 556. The van der Waals surface area contributed by atoms with Gasteiger partial charge in [0.25, 0.3) is 0 Å². The first kappa shape index (κ1) is 14.4. The van der Waals surface area contributed by atoms with Crippen LogP contribution in [0.5, 0.6) is 0 Å². The third-order valence-corrected chi connectivity index (χ3v) is 4.08. The number of hydrogen-bond acceptors (Lipinski definition) is 3. The topological polar surface area (TPSA) is 51.2 Å². The average Bonchev–Trinajstić information content (AvgIpc) is 2.88. The lowest BCUT2D eigenvalue weighted by molar-refractivity contribution is 0.448. The van der Waals surface area contributed by atoms with Gasteiger partial charge in [0.1, 0.15) is 11.5 Å². The normalized spacial score (nSPS) is 12.4. The van der Waals surface area contributed by atoms with Crippen LogP contribution in [0.1, 0.15) is 24.5 Å². The van der Waals surface area contributed by atoms with Crippen LogP contribution in [0.2, 0.25) is 5.02 Å². The van der Waals surface area contributed by atoms with Crippen LogP contribution in [0.25, 0.3) is 0 Å². The minimum Gasteiger partial charge on any atom is -0.464 e. The molecule has 0 fully saturated rings. The van der Waals surface area contributed by atoms with Gasteiger partial charge in [0.05, 0.1) is 11.1 Å². The zero-order valence-electron chi connectivity index (χ0n) is 10.6. The first-order valence-corrected chi connectivity index (χ1v) is 7.31. The minimum atomic E-state index is -0.0478. The molecule has 0 saturated carbocycles. The molecular formula is C14H16BrClN2O. The van der Waals surface area contributed by atoms with E-state index in [9.17, 15) is 0 Å². The van der Waals surface area contributed by atoms with Gasteiger partial charge in [0.15, 0.2) is 0 Å². The average molecular weight is 344 g/mol. The largest absolute Gasteiger partial charge is 0.464 e. The highest BCUT2D eigenvalue weighted by Gasteiger charge is 2.14. The van der Waals surface area contributed by atoms with Gasteiger partial charge in [-0.2, -0.15) is 0 Å². The highest BCUT2D eigenvalue weighted by Crippen LogP contribution is 2.28. The van der Waals surface area contributed by atoms with Gasteiger partial charge in [0, 0.05) is 23.1 Å². The molecule has 2 aromatic rings. The molecule has 1 unspecified atom stereocenters. The molecule has 3 nitrogen and oxygen atoms in total. The van der Waals surface area contributed by atoms with Gasteiger partial charge in [-0.1, -0.05) is 18.5 Å². The van der Waals surface area contributed by atoms with E-state index < -0.39 is 0 Å². The molecule has 2 rings (SSSR count). The van der Waals surface area contributed by atoms with Crippen molar-refractivity contribution in [2.75, 3.05) is 11.9 Å². The van der Waals surface area contributed by atoms with E-state index in [4.69, 9.17) is 21.8 Å². The molecule has 1 atom stereocenters. The lowest BCUT2D eigenvalue weighted by Gasteiger charge is -2.16. The zero-order chi connectivity index (χ0) is 13.8. The lowest BCUT2D eigenvalue weighted by atomic mass is 10.2. The van der Waals surface area contributed by atoms with Crippen LogP contribution in [-0.2, 0) is 6.42 Å². The molecule has 5 heteroatoms. The van der Waals surface area contributed by atoms with E-state index in [-0.39, 0.29) is 6.04 Å². The van der Waals surface area contributed by atoms with Crippen LogP contribution < -0.4 is 11.1 Å². The van der Waals surface area contributed by atoms with Crippen molar-refractivity contribution in [2.45, 2.75) is 19.4 Å². The van der Waals surface area contributed by atoms with E-state index in [0.29, 0.717) is 11.6 Å². The Balaban J connectivity index is 2.16. The number of halogens is 2. The van der Waals surface area contributed by atoms with Gasteiger partial charge in [0.2, 0.25) is 0 Å². The summed E-state index contributed by atoms with van der Waals surface area (Å²) in [5, 5.41) is 4.02. The molecular weight excluding hydrogens is 328 g/mol. The summed E-state index contributed by atoms with van der Waals surface area (Å²) in [6.45, 7) is 2.51. The Kier molecular flexibility index (Phi) is 4.91. The molecule has 1 aromatic carbocycles. The molecule has 3 N–H and O–H groups in total. The maximum Gasteiger partial charge on any atom is 0.127 e. The van der Waals surface area contributed by atoms with Crippen molar-refractivity contribution in [1.82, 2.24) is 0 Å². The molecule has 0 aliphatic heterocycles. The number of furan rings is 1. The van der Waals surface area contributed by atoms with E-state index in [0.717, 1.165) is 28.1 Å². The van der Waals surface area contributed by atoms with Gasteiger partial charge in [-0.15, -0.1) is 0 Å². The van der Waals surface area contributed by atoms with E-state index in [1.54, 1.807) is 0 Å². The van der Waals surface area contributed by atoms with E-state index in [1.165, 1.54) is 0 Å². The molecule has 19 heavy (non-hydrogen) atoms. The smallest absolute Gasteiger partial charge is 0.127 e. The Morgan fingerprint density at radius 1 is 1.37 bits per heavy atom. The third-order valence-electron chi connectivity index (χ3n) is 2.87. The summed E-state index contributed by atoms with van der Waals surface area (Å²) in [6.07, 6.45) is 0.879. The van der Waals surface area contributed by atoms with Gasteiger partial charge in [-0.3, -0.25) is 0 Å². The van der Waals surface area contributed by atoms with Crippen molar-refractivity contribution < 1.29 is 4.42 Å². The zero-order valence-corrected chi connectivity index (χ0v) is 13.0. The van der Waals surface area contributed by atoms with E-state index in [2.05, 4.69) is 28.2 Å². The van der Waals surface area contributed by atoms with Crippen molar-refractivity contribution in [3.63, 3.8) is 0 Å². The number of nitrogens with one attached hydrogen (secondary N) is 1. The summed E-state index contributed by atoms with van der Waals surface area (Å²) >= 11 is 9.38. The first-order chi connectivity index (χ1) is 9.13. The van der Waals surface area contributed by atoms with Crippen molar-refractivity contribution in [2.24, 2.45) is 5.73 Å². The van der Waals surface area contributed by atoms with Crippen LogP contribution in [0.15, 0.2) is 39.2 Å². The Morgan fingerprint density at radius 2 is 2.16 bits per heavy atom. The highest BCUT2D eigenvalue weighted by molar-refractivity contribution is 9.10. The lowest BCUT2D eigenvalue weighted by Crippen LogP contribution is -2.20. The number of nitrogens with two attached hydrogens (primary N) is 1. The fourth-order valence-corrected chi connectivity index (χ4v) is 2.30. The fraction of sp³-hybridized carbons (Fsp3) is 0.286. The summed E-state index contributed by atoms with van der Waals surface area (Å²) in [7, 11) is 0. The first-order valence-electron chi connectivity index (χ1n) is 6.14. The predicted octanol–water partition coefficient (Wildman–Crippen LogP) is 4.37. The van der Waals surface area contributed by atoms with Crippen LogP contribution in [-0.4, -0.2) is 6.54 Å². The number of benzene rings is 1. The summed E-state index contributed by atoms with van der Waals surface area (Å²) < 4.78 is 6.58. The molecule has 0 aliphatic rings. The molecule has 1 heterocycles. The monoisotopic (exact) mass is 342 g/mol. The SMILES string of the molecule is CCc1ccc(C(CN)Nc2ccc(Cl)c(Br)c2)o1. The van der Waals surface area contributed by atoms with Crippen molar-refractivity contribution in [1.29, 1.82) is 0 Å². The standard InChI is InChI=1S/C14H16BrClN2O/c1-2-10-4-6-14(19-10)13(8-17)18-9-3-5-12(16)11(15)7-9/h3-7,13,18H,2,8,17H2,1H3. The molecule has 1 aromatic heterocycles. The van der Waals surface area contributed by atoms with Crippen molar-refractivity contribution >= 4 is 33.2 Å². The van der Waals surface area contributed by atoms with Crippen LogP contribution in [0.3, 0.4) is 0 Å². The number of aryl methyl sites for hydroxylation is 1. The second kappa shape index (κ2) is 6.46. The number of anilines is 1. The fourth-order valence-electron chi connectivity index (χ4n) is 1.81. The van der Waals surface area contributed by atoms with E-state index in [1.807, 2.05) is 30.3 Å². The molecule has 0 spiro atoms. The van der Waals surface area contributed by atoms with Crippen LogP contribution in [0, 0.1) is 0 Å². The molecule has 0 radical (unpaired) electrons. The second-order valence-corrected chi connectivity index (χ2v) is 5.48. The quantitative estimate of drug-likeness (QED) is 0.847. The van der Waals surface area contributed by atoms with Gasteiger partial charge in [-0.25, -0.2) is 0 Å². The number of rotatable bonds is 5. The molecule has 102 valence electrons. The number of hydrogen-bond donors (Lipinski definition) is 2. The van der Waals surface area contributed by atoms with Gasteiger partial charge >= 0.3 is 0 Å². The molecule has 0 amide bonds. The maximum atomic E-state index is 5.97. The second-order valence-electron chi connectivity index (χ2n) is 4.22. The van der Waals surface area contributed by atoms with Crippen molar-refractivity contribution in [3.8, 4) is 0 Å². The Morgan fingerprint density at radius 3 is 2.74 bits per heavy atom. The van der Waals surface area contributed by atoms with E-state index >= 15 is 0 Å². The minimum absolute atomic E-state index is 0.0478. The Hall–Kier alpha value is -0.970. The predicted molar refractivity (Wildman–Crippen MR) is 82.7 cm³/mol. The molecule has 0 saturated heterocycles. The van der Waals surface area contributed by atoms with Crippen LogP contribution in [0.4, 0.5) is 5.69 Å². The molecule has 0 aliphatic carbocycles. The van der Waals surface area contributed by atoms with Gasteiger partial charge < -0.3 is 15.5 Å². The van der Waals surface area contributed by atoms with Crippen molar-refractivity contribution in [3.05, 3.63) is 51.3 Å². The Labute approximate surface area is 126 Å². The summed E-state index contributed by atoms with van der Waals surface area (Å²) in [6, 6.07) is 9.58. The third kappa shape index (κ3) is 3.53. The van der Waals surface area contributed by atoms with Gasteiger partial charge in [-0.05, 0) is 46.3 Å². The summed E-state index contributed by atoms with van der Waals surface area (Å²) in [4.78, 5) is 0. The summed E-state index contributed by atoms with van der Waals surface area (Å²) in [5.41, 5.74) is 6.76. The van der Waals surface area contributed by atoms with Crippen LogP contribution >= 0.6 is 27.5 Å². The molecule has 0 bridgehead atoms.